The van der Waals surface area contributed by atoms with Crippen molar-refractivity contribution < 1.29 is 14.6 Å². The molecule has 116 valence electrons. The summed E-state index contributed by atoms with van der Waals surface area (Å²) in [5.74, 6) is 1.40. The van der Waals surface area contributed by atoms with Gasteiger partial charge in [0.05, 0.1) is 31.7 Å². The number of nitrogens with zero attached hydrogens (tertiary/aromatic N) is 3. The van der Waals surface area contributed by atoms with E-state index in [2.05, 4.69) is 14.9 Å². The number of morpholine rings is 1. The smallest absolute Gasteiger partial charge is 0.234 e. The predicted octanol–water partition coefficient (Wildman–Crippen LogP) is 1.39. The highest BCUT2D eigenvalue weighted by Gasteiger charge is 2.22. The van der Waals surface area contributed by atoms with Crippen molar-refractivity contribution >= 4 is 5.82 Å². The molecule has 1 saturated carbocycles. The standard InChI is InChI=1S/C15H23N3O3/c19-11-13-10-18(6-7-20-13)14-8-16-9-15(17-14)21-12-4-2-1-3-5-12/h8-9,12-13,19H,1-7,10-11H2. The van der Waals surface area contributed by atoms with Gasteiger partial charge in [-0.2, -0.15) is 4.98 Å². The highest BCUT2D eigenvalue weighted by molar-refractivity contribution is 5.38. The molecule has 0 aromatic carbocycles. The molecule has 2 aliphatic rings. The van der Waals surface area contributed by atoms with Gasteiger partial charge in [-0.15, -0.1) is 0 Å². The van der Waals surface area contributed by atoms with Gasteiger partial charge in [-0.05, 0) is 25.7 Å². The lowest BCUT2D eigenvalue weighted by Crippen LogP contribution is -2.44. The Morgan fingerprint density at radius 1 is 1.29 bits per heavy atom. The van der Waals surface area contributed by atoms with Gasteiger partial charge < -0.3 is 19.5 Å². The van der Waals surface area contributed by atoms with Gasteiger partial charge in [-0.25, -0.2) is 0 Å². The first-order valence-corrected chi connectivity index (χ1v) is 7.81. The molecule has 1 atom stereocenters. The molecule has 1 unspecified atom stereocenters. The van der Waals surface area contributed by atoms with Gasteiger partial charge in [0, 0.05) is 13.1 Å². The van der Waals surface area contributed by atoms with Crippen LogP contribution in [0.1, 0.15) is 32.1 Å². The maximum absolute atomic E-state index is 9.21. The Bertz CT molecular complexity index is 452. The molecule has 1 saturated heterocycles. The number of aromatic nitrogens is 2. The van der Waals surface area contributed by atoms with Crippen LogP contribution < -0.4 is 9.64 Å². The topological polar surface area (TPSA) is 67.7 Å². The summed E-state index contributed by atoms with van der Waals surface area (Å²) in [6.07, 6.45) is 9.55. The highest BCUT2D eigenvalue weighted by Crippen LogP contribution is 2.23. The first-order chi connectivity index (χ1) is 10.3. The largest absolute Gasteiger partial charge is 0.473 e. The van der Waals surface area contributed by atoms with Crippen LogP contribution in [0.5, 0.6) is 5.88 Å². The number of rotatable bonds is 4. The third-order valence-corrected chi connectivity index (χ3v) is 4.11. The van der Waals surface area contributed by atoms with Crippen LogP contribution >= 0.6 is 0 Å². The average molecular weight is 293 g/mol. The van der Waals surface area contributed by atoms with Gasteiger partial charge in [-0.3, -0.25) is 4.98 Å². The van der Waals surface area contributed by atoms with Gasteiger partial charge in [0.2, 0.25) is 5.88 Å². The SMILES string of the molecule is OCC1CN(c2cncc(OC3CCCCC3)n2)CCO1. The highest BCUT2D eigenvalue weighted by atomic mass is 16.5. The summed E-state index contributed by atoms with van der Waals surface area (Å²) in [7, 11) is 0. The molecule has 0 bridgehead atoms. The molecule has 3 rings (SSSR count). The Hall–Kier alpha value is -1.40. The quantitative estimate of drug-likeness (QED) is 0.904. The Balaban J connectivity index is 1.64. The lowest BCUT2D eigenvalue weighted by atomic mass is 9.98. The fourth-order valence-electron chi connectivity index (χ4n) is 2.94. The average Bonchev–Trinajstić information content (AvgIpc) is 2.56. The minimum Gasteiger partial charge on any atom is -0.473 e. The van der Waals surface area contributed by atoms with E-state index in [-0.39, 0.29) is 18.8 Å². The van der Waals surface area contributed by atoms with Gasteiger partial charge in [0.1, 0.15) is 6.10 Å². The van der Waals surface area contributed by atoms with E-state index in [4.69, 9.17) is 9.47 Å². The molecule has 1 aromatic heterocycles. The van der Waals surface area contributed by atoms with Crippen molar-refractivity contribution in [2.45, 2.75) is 44.3 Å². The second-order valence-electron chi connectivity index (χ2n) is 5.71. The maximum atomic E-state index is 9.21. The maximum Gasteiger partial charge on any atom is 0.234 e. The Morgan fingerprint density at radius 3 is 2.95 bits per heavy atom. The van der Waals surface area contributed by atoms with Crippen molar-refractivity contribution in [2.75, 3.05) is 31.2 Å². The van der Waals surface area contributed by atoms with Crippen LogP contribution in [0, 0.1) is 0 Å². The molecule has 6 heteroatoms. The van der Waals surface area contributed by atoms with Crippen molar-refractivity contribution in [1.82, 2.24) is 9.97 Å². The van der Waals surface area contributed by atoms with Crippen LogP contribution in [-0.4, -0.2) is 53.6 Å². The number of aliphatic hydroxyl groups is 1. The monoisotopic (exact) mass is 293 g/mol. The second-order valence-corrected chi connectivity index (χ2v) is 5.71. The van der Waals surface area contributed by atoms with Gasteiger partial charge in [0.25, 0.3) is 0 Å². The third-order valence-electron chi connectivity index (χ3n) is 4.11. The number of aliphatic hydroxyl groups excluding tert-OH is 1. The molecule has 1 aromatic rings. The van der Waals surface area contributed by atoms with E-state index < -0.39 is 0 Å². The van der Waals surface area contributed by atoms with Crippen molar-refractivity contribution in [2.24, 2.45) is 0 Å². The summed E-state index contributed by atoms with van der Waals surface area (Å²) in [6, 6.07) is 0. The van der Waals surface area contributed by atoms with E-state index >= 15 is 0 Å². The van der Waals surface area contributed by atoms with Crippen molar-refractivity contribution in [1.29, 1.82) is 0 Å². The molecule has 6 nitrogen and oxygen atoms in total. The molecular weight excluding hydrogens is 270 g/mol. The fraction of sp³-hybridized carbons (Fsp3) is 0.733. The van der Waals surface area contributed by atoms with Crippen LogP contribution in [0.25, 0.3) is 0 Å². The number of hydrogen-bond donors (Lipinski definition) is 1. The normalized spacial score (nSPS) is 24.0. The number of ether oxygens (including phenoxy) is 2. The van der Waals surface area contributed by atoms with Crippen molar-refractivity contribution in [3.63, 3.8) is 0 Å². The fourth-order valence-corrected chi connectivity index (χ4v) is 2.94. The van der Waals surface area contributed by atoms with Crippen LogP contribution in [0.15, 0.2) is 12.4 Å². The zero-order valence-electron chi connectivity index (χ0n) is 12.3. The van der Waals surface area contributed by atoms with Crippen LogP contribution in [0.3, 0.4) is 0 Å². The minimum atomic E-state index is -0.150. The molecule has 0 radical (unpaired) electrons. The second kappa shape index (κ2) is 7.04. The first kappa shape index (κ1) is 14.5. The minimum absolute atomic E-state index is 0.0300. The molecule has 0 amide bonds. The molecule has 1 aliphatic carbocycles. The summed E-state index contributed by atoms with van der Waals surface area (Å²) in [6.45, 7) is 2.03. The van der Waals surface area contributed by atoms with Gasteiger partial charge in [-0.1, -0.05) is 6.42 Å². The van der Waals surface area contributed by atoms with E-state index in [0.717, 1.165) is 25.2 Å². The number of anilines is 1. The Morgan fingerprint density at radius 2 is 2.14 bits per heavy atom. The molecule has 2 heterocycles. The predicted molar refractivity (Wildman–Crippen MR) is 78.6 cm³/mol. The number of hydrogen-bond acceptors (Lipinski definition) is 6. The summed E-state index contributed by atoms with van der Waals surface area (Å²) in [5, 5.41) is 9.21. The first-order valence-electron chi connectivity index (χ1n) is 7.81. The Labute approximate surface area is 125 Å². The summed E-state index contributed by atoms with van der Waals surface area (Å²) in [4.78, 5) is 10.9. The molecule has 1 aliphatic heterocycles. The molecule has 2 fully saturated rings. The summed E-state index contributed by atoms with van der Waals surface area (Å²) < 4.78 is 11.4. The molecule has 21 heavy (non-hydrogen) atoms. The molecule has 0 spiro atoms. The molecule has 1 N–H and O–H groups in total. The third kappa shape index (κ3) is 3.83. The van der Waals surface area contributed by atoms with E-state index in [0.29, 0.717) is 19.0 Å². The lowest BCUT2D eigenvalue weighted by molar-refractivity contribution is 0.00329. The summed E-state index contributed by atoms with van der Waals surface area (Å²) >= 11 is 0. The van der Waals surface area contributed by atoms with E-state index in [1.165, 1.54) is 19.3 Å². The van der Waals surface area contributed by atoms with Crippen LogP contribution in [0.4, 0.5) is 5.82 Å². The summed E-state index contributed by atoms with van der Waals surface area (Å²) in [5.41, 5.74) is 0. The van der Waals surface area contributed by atoms with E-state index in [1.807, 2.05) is 0 Å². The van der Waals surface area contributed by atoms with Gasteiger partial charge in [0.15, 0.2) is 5.82 Å². The zero-order chi connectivity index (χ0) is 14.5. The lowest BCUT2D eigenvalue weighted by Gasteiger charge is -2.32. The van der Waals surface area contributed by atoms with E-state index in [1.54, 1.807) is 12.4 Å². The van der Waals surface area contributed by atoms with Crippen LogP contribution in [-0.2, 0) is 4.74 Å². The van der Waals surface area contributed by atoms with E-state index in [9.17, 15) is 5.11 Å². The van der Waals surface area contributed by atoms with Crippen molar-refractivity contribution in [3.05, 3.63) is 12.4 Å². The zero-order valence-corrected chi connectivity index (χ0v) is 12.3. The molecular formula is C15H23N3O3. The Kier molecular flexibility index (Phi) is 4.87. The van der Waals surface area contributed by atoms with Crippen LogP contribution in [0.2, 0.25) is 0 Å². The van der Waals surface area contributed by atoms with Crippen molar-refractivity contribution in [3.8, 4) is 5.88 Å². The van der Waals surface area contributed by atoms with Gasteiger partial charge >= 0.3 is 0 Å².